The molecule has 0 aromatic carbocycles. The fourth-order valence-electron chi connectivity index (χ4n) is 1.49. The summed E-state index contributed by atoms with van der Waals surface area (Å²) in [5.74, 6) is -0.379. The third kappa shape index (κ3) is 1.98. The Bertz CT molecular complexity index is 469. The number of aromatic nitrogens is 2. The van der Waals surface area contributed by atoms with Crippen LogP contribution in [0.25, 0.3) is 11.0 Å². The van der Waals surface area contributed by atoms with E-state index in [0.29, 0.717) is 23.3 Å². The molecule has 0 saturated heterocycles. The average molecular weight is 209 g/mol. The number of halogens is 1. The summed E-state index contributed by atoms with van der Waals surface area (Å²) in [5, 5.41) is 13.2. The third-order valence-electron chi connectivity index (χ3n) is 2.21. The summed E-state index contributed by atoms with van der Waals surface area (Å²) in [5.41, 5.74) is 1.22. The second kappa shape index (κ2) is 3.96. The highest BCUT2D eigenvalue weighted by molar-refractivity contribution is 5.76. The Morgan fingerprint density at radius 2 is 2.40 bits per heavy atom. The van der Waals surface area contributed by atoms with Gasteiger partial charge in [0.05, 0.1) is 6.20 Å². The third-order valence-corrected chi connectivity index (χ3v) is 2.21. The standard InChI is InChI=1S/C10H12FN3O/c1-12-5-9(15)8-3-6-2-7(11)4-13-10(6)14-8/h2-4,9,12,15H,5H2,1H3,(H,13,14). The predicted molar refractivity (Wildman–Crippen MR) is 54.9 cm³/mol. The normalized spacial score (nSPS) is 13.3. The van der Waals surface area contributed by atoms with Crippen LogP contribution in [-0.4, -0.2) is 28.7 Å². The van der Waals surface area contributed by atoms with Crippen molar-refractivity contribution in [3.63, 3.8) is 0 Å². The molecule has 3 N–H and O–H groups in total. The van der Waals surface area contributed by atoms with Gasteiger partial charge in [-0.25, -0.2) is 9.37 Å². The Balaban J connectivity index is 2.38. The van der Waals surface area contributed by atoms with Gasteiger partial charge >= 0.3 is 0 Å². The van der Waals surface area contributed by atoms with Crippen LogP contribution in [0.3, 0.4) is 0 Å². The number of hydrogen-bond donors (Lipinski definition) is 3. The number of nitrogens with zero attached hydrogens (tertiary/aromatic N) is 1. The van der Waals surface area contributed by atoms with Crippen LogP contribution in [-0.2, 0) is 0 Å². The topological polar surface area (TPSA) is 60.9 Å². The van der Waals surface area contributed by atoms with Crippen molar-refractivity contribution in [2.45, 2.75) is 6.10 Å². The molecule has 4 nitrogen and oxygen atoms in total. The van der Waals surface area contributed by atoms with Gasteiger partial charge in [0.15, 0.2) is 0 Å². The zero-order valence-corrected chi connectivity index (χ0v) is 8.29. The molecule has 2 aromatic rings. The monoisotopic (exact) mass is 209 g/mol. The maximum absolute atomic E-state index is 12.8. The van der Waals surface area contributed by atoms with Gasteiger partial charge < -0.3 is 15.4 Å². The van der Waals surface area contributed by atoms with Crippen LogP contribution in [0, 0.1) is 5.82 Å². The number of aliphatic hydroxyl groups is 1. The van der Waals surface area contributed by atoms with Gasteiger partial charge in [0.2, 0.25) is 0 Å². The fourth-order valence-corrected chi connectivity index (χ4v) is 1.49. The van der Waals surface area contributed by atoms with Gasteiger partial charge in [-0.2, -0.15) is 0 Å². The Kier molecular flexibility index (Phi) is 2.66. The SMILES string of the molecule is CNCC(O)c1cc2cc(F)cnc2[nH]1. The van der Waals surface area contributed by atoms with Crippen molar-refractivity contribution in [1.29, 1.82) is 0 Å². The largest absolute Gasteiger partial charge is 0.386 e. The number of hydrogen-bond acceptors (Lipinski definition) is 3. The number of likely N-dealkylation sites (N-methyl/N-ethyl adjacent to an activating group) is 1. The first-order valence-electron chi connectivity index (χ1n) is 4.67. The second-order valence-corrected chi connectivity index (χ2v) is 3.39. The lowest BCUT2D eigenvalue weighted by Crippen LogP contribution is -2.16. The summed E-state index contributed by atoms with van der Waals surface area (Å²) in [6.45, 7) is 0.440. The van der Waals surface area contributed by atoms with Crippen LogP contribution in [0.1, 0.15) is 11.8 Å². The molecule has 0 saturated carbocycles. The van der Waals surface area contributed by atoms with Crippen LogP contribution < -0.4 is 5.32 Å². The molecule has 2 heterocycles. The highest BCUT2D eigenvalue weighted by Crippen LogP contribution is 2.18. The van der Waals surface area contributed by atoms with Crippen molar-refractivity contribution in [3.05, 3.63) is 29.8 Å². The number of aliphatic hydroxyl groups excluding tert-OH is 1. The quantitative estimate of drug-likeness (QED) is 0.705. The molecule has 15 heavy (non-hydrogen) atoms. The van der Waals surface area contributed by atoms with Crippen LogP contribution in [0.2, 0.25) is 0 Å². The summed E-state index contributed by atoms with van der Waals surface area (Å²) < 4.78 is 12.8. The number of nitrogens with one attached hydrogen (secondary N) is 2. The molecule has 0 fully saturated rings. The first-order valence-corrected chi connectivity index (χ1v) is 4.67. The van der Waals surface area contributed by atoms with E-state index in [1.54, 1.807) is 13.1 Å². The summed E-state index contributed by atoms with van der Waals surface area (Å²) >= 11 is 0. The zero-order chi connectivity index (χ0) is 10.8. The number of aromatic amines is 1. The Morgan fingerprint density at radius 3 is 3.13 bits per heavy atom. The minimum Gasteiger partial charge on any atom is -0.386 e. The van der Waals surface area contributed by atoms with Crippen molar-refractivity contribution in [2.75, 3.05) is 13.6 Å². The predicted octanol–water partition coefficient (Wildman–Crippen LogP) is 0.955. The summed E-state index contributed by atoms with van der Waals surface area (Å²) in [6.07, 6.45) is 0.514. The van der Waals surface area contributed by atoms with Crippen molar-refractivity contribution in [1.82, 2.24) is 15.3 Å². The molecular weight excluding hydrogens is 197 g/mol. The van der Waals surface area contributed by atoms with E-state index in [-0.39, 0.29) is 5.82 Å². The summed E-state index contributed by atoms with van der Waals surface area (Å²) in [6, 6.07) is 3.09. The molecule has 0 aliphatic rings. The maximum atomic E-state index is 12.8. The Morgan fingerprint density at radius 1 is 1.60 bits per heavy atom. The highest BCUT2D eigenvalue weighted by Gasteiger charge is 2.10. The first-order chi connectivity index (χ1) is 7.20. The molecule has 0 bridgehead atoms. The molecule has 80 valence electrons. The number of H-pyrrole nitrogens is 1. The Labute approximate surface area is 86.1 Å². The minimum atomic E-state index is -0.632. The fraction of sp³-hybridized carbons (Fsp3) is 0.300. The van der Waals surface area contributed by atoms with E-state index in [1.165, 1.54) is 6.07 Å². The zero-order valence-electron chi connectivity index (χ0n) is 8.29. The molecule has 1 atom stereocenters. The molecule has 5 heteroatoms. The number of pyridine rings is 1. The van der Waals surface area contributed by atoms with E-state index >= 15 is 0 Å². The van der Waals surface area contributed by atoms with Crippen molar-refractivity contribution in [2.24, 2.45) is 0 Å². The average Bonchev–Trinajstić information content (AvgIpc) is 2.60. The van der Waals surface area contributed by atoms with Crippen molar-refractivity contribution in [3.8, 4) is 0 Å². The summed E-state index contributed by atoms with van der Waals surface area (Å²) in [7, 11) is 1.75. The first kappa shape index (κ1) is 10.1. The van der Waals surface area contributed by atoms with Crippen LogP contribution in [0.5, 0.6) is 0 Å². The molecule has 0 spiro atoms. The molecule has 0 aliphatic heterocycles. The van der Waals surface area contributed by atoms with Gasteiger partial charge in [0.1, 0.15) is 17.6 Å². The van der Waals surface area contributed by atoms with E-state index in [2.05, 4.69) is 15.3 Å². The van der Waals surface area contributed by atoms with Gasteiger partial charge in [-0.15, -0.1) is 0 Å². The van der Waals surface area contributed by atoms with Gasteiger partial charge in [-0.05, 0) is 19.2 Å². The van der Waals surface area contributed by atoms with E-state index < -0.39 is 6.10 Å². The molecular formula is C10H12FN3O. The molecule has 0 amide bonds. The lowest BCUT2D eigenvalue weighted by molar-refractivity contribution is 0.174. The smallest absolute Gasteiger partial charge is 0.142 e. The highest BCUT2D eigenvalue weighted by atomic mass is 19.1. The minimum absolute atomic E-state index is 0.379. The van der Waals surface area contributed by atoms with E-state index in [4.69, 9.17) is 0 Å². The maximum Gasteiger partial charge on any atom is 0.142 e. The van der Waals surface area contributed by atoms with Gasteiger partial charge in [0, 0.05) is 17.6 Å². The van der Waals surface area contributed by atoms with Crippen molar-refractivity contribution < 1.29 is 9.50 Å². The lowest BCUT2D eigenvalue weighted by Gasteiger charge is -2.06. The second-order valence-electron chi connectivity index (χ2n) is 3.39. The molecule has 1 unspecified atom stereocenters. The number of fused-ring (bicyclic) bond motifs is 1. The van der Waals surface area contributed by atoms with E-state index in [9.17, 15) is 9.50 Å². The molecule has 2 aromatic heterocycles. The van der Waals surface area contributed by atoms with Gasteiger partial charge in [0.25, 0.3) is 0 Å². The van der Waals surface area contributed by atoms with Crippen molar-refractivity contribution >= 4 is 11.0 Å². The Hall–Kier alpha value is -1.46. The van der Waals surface area contributed by atoms with Crippen LogP contribution in [0.15, 0.2) is 18.3 Å². The molecule has 2 rings (SSSR count). The summed E-state index contributed by atoms with van der Waals surface area (Å²) in [4.78, 5) is 6.82. The van der Waals surface area contributed by atoms with Gasteiger partial charge in [-0.1, -0.05) is 0 Å². The van der Waals surface area contributed by atoms with Gasteiger partial charge in [-0.3, -0.25) is 0 Å². The van der Waals surface area contributed by atoms with E-state index in [1.807, 2.05) is 0 Å². The van der Waals surface area contributed by atoms with E-state index in [0.717, 1.165) is 6.20 Å². The van der Waals surface area contributed by atoms with Crippen LogP contribution >= 0.6 is 0 Å². The molecule has 0 aliphatic carbocycles. The lowest BCUT2D eigenvalue weighted by atomic mass is 10.2. The number of rotatable bonds is 3. The molecule has 0 radical (unpaired) electrons. The van der Waals surface area contributed by atoms with Crippen LogP contribution in [0.4, 0.5) is 4.39 Å².